The Bertz CT molecular complexity index is 556. The Morgan fingerprint density at radius 3 is 2.90 bits per heavy atom. The topological polar surface area (TPSA) is 67.4 Å². The van der Waals surface area contributed by atoms with Gasteiger partial charge in [0, 0.05) is 37.2 Å². The van der Waals surface area contributed by atoms with Crippen molar-refractivity contribution in [3.63, 3.8) is 0 Å². The molecule has 1 heterocycles. The van der Waals surface area contributed by atoms with Gasteiger partial charge in [-0.15, -0.1) is 11.3 Å². The Balaban J connectivity index is 1.88. The lowest BCUT2D eigenvalue weighted by Crippen LogP contribution is -2.25. The molecule has 0 radical (unpaired) electrons. The molecule has 120 valence electrons. The van der Waals surface area contributed by atoms with Crippen LogP contribution in [-0.2, 0) is 21.3 Å². The van der Waals surface area contributed by atoms with Crippen molar-refractivity contribution >= 4 is 37.3 Å². The standard InChI is InChI=1S/C13H21BrN2O3S2/c1-2-19-7-3-6-16-21(17,18)12-8-11(20-13(12)14)9-15-10-4-5-10/h8,10,15-16H,2-7,9H2,1H3. The van der Waals surface area contributed by atoms with Crippen LogP contribution >= 0.6 is 27.3 Å². The number of halogens is 1. The molecule has 21 heavy (non-hydrogen) atoms. The second kappa shape index (κ2) is 8.03. The first-order valence-electron chi connectivity index (χ1n) is 7.12. The molecule has 0 amide bonds. The Morgan fingerprint density at radius 2 is 2.24 bits per heavy atom. The van der Waals surface area contributed by atoms with Gasteiger partial charge >= 0.3 is 0 Å². The average Bonchev–Trinajstić information content (AvgIpc) is 3.18. The van der Waals surface area contributed by atoms with Gasteiger partial charge in [0.25, 0.3) is 0 Å². The molecule has 0 unspecified atom stereocenters. The Kier molecular flexibility index (Phi) is 6.64. The van der Waals surface area contributed by atoms with Crippen molar-refractivity contribution in [2.75, 3.05) is 19.8 Å². The zero-order chi connectivity index (χ0) is 15.3. The molecule has 0 aromatic carbocycles. The molecule has 1 aliphatic rings. The molecular weight excluding hydrogens is 376 g/mol. The quantitative estimate of drug-likeness (QED) is 0.596. The van der Waals surface area contributed by atoms with Gasteiger partial charge in [0.15, 0.2) is 0 Å². The van der Waals surface area contributed by atoms with Crippen LogP contribution in [0.3, 0.4) is 0 Å². The predicted octanol–water partition coefficient (Wildman–Crippen LogP) is 2.47. The molecule has 1 fully saturated rings. The van der Waals surface area contributed by atoms with Crippen LogP contribution in [0.25, 0.3) is 0 Å². The van der Waals surface area contributed by atoms with E-state index in [9.17, 15) is 8.42 Å². The third kappa shape index (κ3) is 5.61. The normalized spacial score (nSPS) is 15.5. The van der Waals surface area contributed by atoms with Crippen LogP contribution in [0.5, 0.6) is 0 Å². The van der Waals surface area contributed by atoms with Crippen molar-refractivity contribution in [3.8, 4) is 0 Å². The highest BCUT2D eigenvalue weighted by molar-refractivity contribution is 9.11. The smallest absolute Gasteiger partial charge is 0.242 e. The van der Waals surface area contributed by atoms with Crippen molar-refractivity contribution in [1.82, 2.24) is 10.0 Å². The lowest BCUT2D eigenvalue weighted by Gasteiger charge is -2.05. The van der Waals surface area contributed by atoms with E-state index in [1.54, 1.807) is 6.07 Å². The lowest BCUT2D eigenvalue weighted by atomic mass is 10.4. The van der Waals surface area contributed by atoms with E-state index in [-0.39, 0.29) is 0 Å². The highest BCUT2D eigenvalue weighted by Gasteiger charge is 2.23. The fraction of sp³-hybridized carbons (Fsp3) is 0.692. The molecule has 0 saturated heterocycles. The summed E-state index contributed by atoms with van der Waals surface area (Å²) in [5, 5.41) is 3.39. The molecular formula is C13H21BrN2O3S2. The molecule has 1 saturated carbocycles. The molecule has 2 N–H and O–H groups in total. The van der Waals surface area contributed by atoms with Gasteiger partial charge in [0.1, 0.15) is 4.90 Å². The number of nitrogens with one attached hydrogen (secondary N) is 2. The molecule has 1 aromatic heterocycles. The number of hydrogen-bond donors (Lipinski definition) is 2. The van der Waals surface area contributed by atoms with Gasteiger partial charge in [0.05, 0.1) is 3.79 Å². The van der Waals surface area contributed by atoms with E-state index in [0.29, 0.717) is 40.9 Å². The number of thiophene rings is 1. The van der Waals surface area contributed by atoms with Crippen molar-refractivity contribution in [1.29, 1.82) is 0 Å². The van der Waals surface area contributed by atoms with Crippen molar-refractivity contribution in [2.24, 2.45) is 0 Å². The van der Waals surface area contributed by atoms with Crippen LogP contribution in [0, 0.1) is 0 Å². The Labute approximate surface area is 138 Å². The first-order chi connectivity index (χ1) is 10.0. The molecule has 1 aromatic rings. The van der Waals surface area contributed by atoms with E-state index in [0.717, 1.165) is 11.4 Å². The van der Waals surface area contributed by atoms with E-state index in [2.05, 4.69) is 26.0 Å². The lowest BCUT2D eigenvalue weighted by molar-refractivity contribution is 0.146. The van der Waals surface area contributed by atoms with Gasteiger partial charge < -0.3 is 10.1 Å². The fourth-order valence-corrected chi connectivity index (χ4v) is 5.51. The van der Waals surface area contributed by atoms with Crippen LogP contribution in [0.4, 0.5) is 0 Å². The molecule has 1 aliphatic carbocycles. The summed E-state index contributed by atoms with van der Waals surface area (Å²) in [6, 6.07) is 2.36. The molecule has 0 atom stereocenters. The van der Waals surface area contributed by atoms with Gasteiger partial charge in [-0.25, -0.2) is 13.1 Å². The molecule has 0 spiro atoms. The third-order valence-corrected chi connectivity index (χ3v) is 6.81. The van der Waals surface area contributed by atoms with Crippen LogP contribution in [0.1, 0.15) is 31.1 Å². The maximum Gasteiger partial charge on any atom is 0.242 e. The highest BCUT2D eigenvalue weighted by atomic mass is 79.9. The zero-order valence-corrected chi connectivity index (χ0v) is 15.2. The second-order valence-electron chi connectivity index (χ2n) is 4.95. The second-order valence-corrected chi connectivity index (χ2v) is 9.14. The van der Waals surface area contributed by atoms with E-state index in [1.165, 1.54) is 24.2 Å². The minimum atomic E-state index is -3.45. The Morgan fingerprint density at radius 1 is 1.48 bits per heavy atom. The summed E-state index contributed by atoms with van der Waals surface area (Å²) in [6.07, 6.45) is 3.11. The highest BCUT2D eigenvalue weighted by Crippen LogP contribution is 2.32. The molecule has 0 bridgehead atoms. The van der Waals surface area contributed by atoms with Crippen LogP contribution in [0.15, 0.2) is 14.7 Å². The van der Waals surface area contributed by atoms with Crippen LogP contribution in [-0.4, -0.2) is 34.2 Å². The monoisotopic (exact) mass is 396 g/mol. The van der Waals surface area contributed by atoms with Crippen LogP contribution in [0.2, 0.25) is 0 Å². The summed E-state index contributed by atoms with van der Waals surface area (Å²) in [7, 11) is -3.45. The van der Waals surface area contributed by atoms with E-state index in [1.807, 2.05) is 6.92 Å². The van der Waals surface area contributed by atoms with Gasteiger partial charge in [0.2, 0.25) is 10.0 Å². The van der Waals surface area contributed by atoms with E-state index in [4.69, 9.17) is 4.74 Å². The maximum absolute atomic E-state index is 12.3. The fourth-order valence-electron chi connectivity index (χ4n) is 1.80. The summed E-state index contributed by atoms with van der Waals surface area (Å²) < 4.78 is 33.0. The summed E-state index contributed by atoms with van der Waals surface area (Å²) in [5.74, 6) is 0. The van der Waals surface area contributed by atoms with Gasteiger partial charge in [-0.1, -0.05) is 0 Å². The van der Waals surface area contributed by atoms with Crippen molar-refractivity contribution in [3.05, 3.63) is 14.7 Å². The molecule has 2 rings (SSSR count). The first kappa shape index (κ1) is 17.4. The van der Waals surface area contributed by atoms with Crippen molar-refractivity contribution < 1.29 is 13.2 Å². The minimum Gasteiger partial charge on any atom is -0.382 e. The van der Waals surface area contributed by atoms with E-state index < -0.39 is 10.0 Å². The predicted molar refractivity (Wildman–Crippen MR) is 88.2 cm³/mol. The average molecular weight is 397 g/mol. The number of hydrogen-bond acceptors (Lipinski definition) is 5. The largest absolute Gasteiger partial charge is 0.382 e. The van der Waals surface area contributed by atoms with Gasteiger partial charge in [-0.3, -0.25) is 0 Å². The summed E-state index contributed by atoms with van der Waals surface area (Å²) in [6.45, 7) is 4.26. The minimum absolute atomic E-state index is 0.330. The third-order valence-electron chi connectivity index (χ3n) is 3.10. The molecule has 0 aliphatic heterocycles. The van der Waals surface area contributed by atoms with Gasteiger partial charge in [-0.2, -0.15) is 0 Å². The zero-order valence-electron chi connectivity index (χ0n) is 12.0. The first-order valence-corrected chi connectivity index (χ1v) is 10.2. The Hall–Kier alpha value is 0.01000. The number of ether oxygens (including phenoxy) is 1. The van der Waals surface area contributed by atoms with Gasteiger partial charge in [-0.05, 0) is 48.2 Å². The summed E-state index contributed by atoms with van der Waals surface area (Å²) in [4.78, 5) is 1.36. The van der Waals surface area contributed by atoms with Crippen molar-refractivity contribution in [2.45, 2.75) is 43.7 Å². The SMILES string of the molecule is CCOCCCNS(=O)(=O)c1cc(CNC2CC2)sc1Br. The molecule has 8 heteroatoms. The number of sulfonamides is 1. The van der Waals surface area contributed by atoms with Crippen LogP contribution < -0.4 is 10.0 Å². The molecule has 5 nitrogen and oxygen atoms in total. The summed E-state index contributed by atoms with van der Waals surface area (Å²) in [5.41, 5.74) is 0. The maximum atomic E-state index is 12.3. The van der Waals surface area contributed by atoms with E-state index >= 15 is 0 Å². The number of rotatable bonds is 10. The summed E-state index contributed by atoms with van der Waals surface area (Å²) >= 11 is 4.82.